The van der Waals surface area contributed by atoms with E-state index in [4.69, 9.17) is 0 Å². The van der Waals surface area contributed by atoms with Crippen molar-refractivity contribution in [2.45, 2.75) is 43.9 Å². The third-order valence-electron chi connectivity index (χ3n) is 2.94. The normalized spacial score (nSPS) is 11.7. The van der Waals surface area contributed by atoms with Crippen molar-refractivity contribution in [3.05, 3.63) is 24.4 Å². The van der Waals surface area contributed by atoms with E-state index < -0.39 is 0 Å². The van der Waals surface area contributed by atoms with E-state index in [0.29, 0.717) is 10.8 Å². The first-order chi connectivity index (χ1) is 8.91. The monoisotopic (exact) mass is 278 g/mol. The summed E-state index contributed by atoms with van der Waals surface area (Å²) in [6, 6.07) is 5.82. The molecule has 2 N–H and O–H groups in total. The fourth-order valence-electron chi connectivity index (χ4n) is 2.15. The first-order valence-corrected chi connectivity index (χ1v) is 7.35. The predicted molar refractivity (Wildman–Crippen MR) is 78.9 cm³/mol. The SMILES string of the molecule is CC(C)Sc1cc(O)c(O)c2c1ccc[n+]2C(C)C. The summed E-state index contributed by atoms with van der Waals surface area (Å²) in [5, 5.41) is 21.5. The highest BCUT2D eigenvalue weighted by atomic mass is 32.2. The second-order valence-electron chi connectivity index (χ2n) is 5.18. The molecule has 0 spiro atoms. The first kappa shape index (κ1) is 14.0. The molecule has 0 aliphatic rings. The van der Waals surface area contributed by atoms with Gasteiger partial charge in [-0.2, -0.15) is 4.57 Å². The zero-order valence-electron chi connectivity index (χ0n) is 11.7. The van der Waals surface area contributed by atoms with Crippen LogP contribution in [0.3, 0.4) is 0 Å². The maximum atomic E-state index is 10.2. The van der Waals surface area contributed by atoms with Crippen molar-refractivity contribution in [1.29, 1.82) is 0 Å². The van der Waals surface area contributed by atoms with Gasteiger partial charge in [0, 0.05) is 16.2 Å². The van der Waals surface area contributed by atoms with Crippen molar-refractivity contribution in [3.63, 3.8) is 0 Å². The van der Waals surface area contributed by atoms with Crippen LogP contribution in [0.25, 0.3) is 10.9 Å². The Bertz CT molecular complexity index is 609. The fourth-order valence-corrected chi connectivity index (χ4v) is 3.13. The van der Waals surface area contributed by atoms with Gasteiger partial charge in [0.15, 0.2) is 18.0 Å². The number of thioether (sulfide) groups is 1. The second kappa shape index (κ2) is 5.29. The Kier molecular flexibility index (Phi) is 3.90. The molecule has 0 radical (unpaired) electrons. The summed E-state index contributed by atoms with van der Waals surface area (Å²) in [5.74, 6) is -0.103. The van der Waals surface area contributed by atoms with Crippen LogP contribution in [0, 0.1) is 0 Å². The Labute approximate surface area is 117 Å². The van der Waals surface area contributed by atoms with Crippen LogP contribution in [0.2, 0.25) is 0 Å². The van der Waals surface area contributed by atoms with E-state index in [-0.39, 0.29) is 17.5 Å². The number of fused-ring (bicyclic) bond motifs is 1. The molecule has 3 nitrogen and oxygen atoms in total. The minimum absolute atomic E-state index is 0.0441. The molecule has 2 aromatic rings. The molecule has 102 valence electrons. The predicted octanol–water partition coefficient (Wildman–Crippen LogP) is 3.62. The Morgan fingerprint density at radius 3 is 2.42 bits per heavy atom. The number of hydrogen-bond acceptors (Lipinski definition) is 3. The van der Waals surface area contributed by atoms with Crippen LogP contribution in [-0.4, -0.2) is 15.5 Å². The highest BCUT2D eigenvalue weighted by Crippen LogP contribution is 2.39. The van der Waals surface area contributed by atoms with Crippen LogP contribution >= 0.6 is 11.8 Å². The molecule has 0 saturated carbocycles. The Morgan fingerprint density at radius 2 is 1.84 bits per heavy atom. The molecule has 0 unspecified atom stereocenters. The fraction of sp³-hybridized carbons (Fsp3) is 0.400. The molecule has 0 aliphatic heterocycles. The van der Waals surface area contributed by atoms with Gasteiger partial charge in [-0.05, 0) is 26.0 Å². The smallest absolute Gasteiger partial charge is 0.260 e. The van der Waals surface area contributed by atoms with Crippen molar-refractivity contribution in [2.75, 3.05) is 0 Å². The lowest BCUT2D eigenvalue weighted by atomic mass is 10.1. The number of pyridine rings is 1. The lowest BCUT2D eigenvalue weighted by Gasteiger charge is -2.12. The van der Waals surface area contributed by atoms with Crippen molar-refractivity contribution in [2.24, 2.45) is 0 Å². The van der Waals surface area contributed by atoms with Crippen LogP contribution in [0.15, 0.2) is 29.3 Å². The number of nitrogens with zero attached hydrogens (tertiary/aromatic N) is 1. The van der Waals surface area contributed by atoms with E-state index in [1.165, 1.54) is 0 Å². The lowest BCUT2D eigenvalue weighted by molar-refractivity contribution is -0.691. The summed E-state index contributed by atoms with van der Waals surface area (Å²) in [7, 11) is 0. The van der Waals surface area contributed by atoms with Gasteiger partial charge >= 0.3 is 0 Å². The highest BCUT2D eigenvalue weighted by Gasteiger charge is 2.22. The molecule has 1 heterocycles. The van der Waals surface area contributed by atoms with Gasteiger partial charge in [-0.15, -0.1) is 11.8 Å². The third-order valence-corrected chi connectivity index (χ3v) is 4.01. The summed E-state index contributed by atoms with van der Waals surface area (Å²) in [6.45, 7) is 8.33. The van der Waals surface area contributed by atoms with Crippen molar-refractivity contribution in [3.8, 4) is 11.5 Å². The number of rotatable bonds is 3. The maximum Gasteiger partial charge on any atom is 0.260 e. The Hall–Kier alpha value is -1.42. The molecule has 1 aromatic carbocycles. The van der Waals surface area contributed by atoms with E-state index in [2.05, 4.69) is 27.7 Å². The number of hydrogen-bond donors (Lipinski definition) is 2. The molecule has 19 heavy (non-hydrogen) atoms. The molecule has 4 heteroatoms. The van der Waals surface area contributed by atoms with Crippen LogP contribution in [0.1, 0.15) is 33.7 Å². The maximum absolute atomic E-state index is 10.2. The van der Waals surface area contributed by atoms with Crippen molar-refractivity contribution < 1.29 is 14.8 Å². The van der Waals surface area contributed by atoms with Gasteiger partial charge in [-0.25, -0.2) is 0 Å². The second-order valence-corrected chi connectivity index (χ2v) is 6.80. The number of phenols is 2. The summed E-state index contributed by atoms with van der Waals surface area (Å²) < 4.78 is 1.98. The van der Waals surface area contributed by atoms with Crippen molar-refractivity contribution >= 4 is 22.7 Å². The van der Waals surface area contributed by atoms with Gasteiger partial charge in [0.2, 0.25) is 5.75 Å². The van der Waals surface area contributed by atoms with Gasteiger partial charge in [0.05, 0.1) is 5.39 Å². The summed E-state index contributed by atoms with van der Waals surface area (Å²) in [5.41, 5.74) is 0.695. The molecule has 0 saturated heterocycles. The first-order valence-electron chi connectivity index (χ1n) is 6.47. The van der Waals surface area contributed by atoms with Crippen LogP contribution < -0.4 is 4.57 Å². The largest absolute Gasteiger partial charge is 0.504 e. The standard InChI is InChI=1S/C15H19NO2S/c1-9(2)16-7-5-6-11-13(19-10(3)4)8-12(17)15(18)14(11)16/h5-10,18H,1-4H3/p+1. The number of phenolic OH excluding ortho intramolecular Hbond substituents is 2. The van der Waals surface area contributed by atoms with Gasteiger partial charge < -0.3 is 10.2 Å². The van der Waals surface area contributed by atoms with Crippen LogP contribution in [0.5, 0.6) is 11.5 Å². The van der Waals surface area contributed by atoms with E-state index >= 15 is 0 Å². The van der Waals surface area contributed by atoms with Crippen LogP contribution in [-0.2, 0) is 0 Å². The van der Waals surface area contributed by atoms with Gasteiger partial charge in [-0.3, -0.25) is 0 Å². The average molecular weight is 278 g/mol. The van der Waals surface area contributed by atoms with E-state index in [1.807, 2.05) is 22.9 Å². The zero-order chi connectivity index (χ0) is 14.2. The molecule has 2 rings (SSSR count). The van der Waals surface area contributed by atoms with E-state index in [0.717, 1.165) is 10.3 Å². The Morgan fingerprint density at radius 1 is 1.16 bits per heavy atom. The molecule has 0 aliphatic carbocycles. The topological polar surface area (TPSA) is 44.3 Å². The van der Waals surface area contributed by atoms with Gasteiger partial charge in [0.25, 0.3) is 5.52 Å². The molecular formula is C15H20NO2S+. The molecule has 1 aromatic heterocycles. The van der Waals surface area contributed by atoms with Gasteiger partial charge in [-0.1, -0.05) is 13.8 Å². The number of aromatic nitrogens is 1. The Balaban J connectivity index is 2.80. The molecule has 0 bridgehead atoms. The van der Waals surface area contributed by atoms with Gasteiger partial charge in [0.1, 0.15) is 0 Å². The minimum atomic E-state index is -0.0590. The highest BCUT2D eigenvalue weighted by molar-refractivity contribution is 8.00. The minimum Gasteiger partial charge on any atom is -0.504 e. The molecule has 0 fully saturated rings. The summed E-state index contributed by atoms with van der Waals surface area (Å²) in [4.78, 5) is 0.996. The lowest BCUT2D eigenvalue weighted by Crippen LogP contribution is -2.36. The third kappa shape index (κ3) is 2.63. The average Bonchev–Trinajstić information content (AvgIpc) is 2.34. The van der Waals surface area contributed by atoms with Crippen LogP contribution in [0.4, 0.5) is 0 Å². The summed E-state index contributed by atoms with van der Waals surface area (Å²) >= 11 is 1.69. The zero-order valence-corrected chi connectivity index (χ0v) is 12.5. The molecule has 0 atom stereocenters. The van der Waals surface area contributed by atoms with E-state index in [1.54, 1.807) is 17.8 Å². The van der Waals surface area contributed by atoms with E-state index in [9.17, 15) is 10.2 Å². The molecule has 0 amide bonds. The van der Waals surface area contributed by atoms with Crippen molar-refractivity contribution in [1.82, 2.24) is 0 Å². The quantitative estimate of drug-likeness (QED) is 0.512. The molecular weight excluding hydrogens is 258 g/mol. The number of aromatic hydroxyl groups is 2. The number of benzene rings is 1. The summed E-state index contributed by atoms with van der Waals surface area (Å²) in [6.07, 6.45) is 1.93.